The van der Waals surface area contributed by atoms with Crippen LogP contribution in [0.15, 0.2) is 11.5 Å². The second-order valence-electron chi connectivity index (χ2n) is 1.01. The van der Waals surface area contributed by atoms with Gasteiger partial charge in [-0.05, 0) is 5.41 Å². The van der Waals surface area contributed by atoms with Crippen molar-refractivity contribution in [1.29, 1.82) is 0 Å². The van der Waals surface area contributed by atoms with Crippen LogP contribution in [0.2, 0.25) is 0 Å². The Kier molecular flexibility index (Phi) is 1.59. The highest BCUT2D eigenvalue weighted by atomic mass is 32.2. The molecule has 0 spiro atoms. The van der Waals surface area contributed by atoms with E-state index in [9.17, 15) is 0 Å². The van der Waals surface area contributed by atoms with Gasteiger partial charge in [0.25, 0.3) is 0 Å². The first-order chi connectivity index (χ1) is 3.00. The van der Waals surface area contributed by atoms with Crippen LogP contribution in [0.5, 0.6) is 0 Å². The van der Waals surface area contributed by atoms with E-state index in [0.717, 1.165) is 5.88 Å². The second-order valence-corrected chi connectivity index (χ2v) is 1.90. The van der Waals surface area contributed by atoms with Gasteiger partial charge < -0.3 is 0 Å². The van der Waals surface area contributed by atoms with Crippen LogP contribution < -0.4 is 5.32 Å². The zero-order valence-corrected chi connectivity index (χ0v) is 4.16. The minimum absolute atomic E-state index is 1.02. The molecule has 1 aliphatic heterocycles. The molecule has 6 heavy (non-hydrogen) atoms. The zero-order chi connectivity index (χ0) is 4.24. The van der Waals surface area contributed by atoms with Gasteiger partial charge >= 0.3 is 0 Å². The second kappa shape index (κ2) is 2.26. The molecule has 0 bridgehead atoms. The van der Waals surface area contributed by atoms with Crippen LogP contribution in [0.1, 0.15) is 0 Å². The summed E-state index contributed by atoms with van der Waals surface area (Å²) in [4.78, 5) is 0. The topological polar surface area (TPSA) is 12.0 Å². The molecule has 1 N–H and O–H groups in total. The van der Waals surface area contributed by atoms with E-state index in [2.05, 4.69) is 10.7 Å². The van der Waals surface area contributed by atoms with Gasteiger partial charge in [-0.2, -0.15) is 0 Å². The van der Waals surface area contributed by atoms with Crippen molar-refractivity contribution in [3.63, 3.8) is 0 Å². The molecule has 0 aliphatic carbocycles. The Hall–Kier alpha value is 0.0500. The Morgan fingerprint density at radius 3 is 2.83 bits per heavy atom. The minimum atomic E-state index is 1.02. The fourth-order valence-electron chi connectivity index (χ4n) is 0.307. The SMILES string of the molecule is [CH]1C=CSCN1. The molecule has 1 aliphatic rings. The lowest BCUT2D eigenvalue weighted by molar-refractivity contribution is 0.988. The van der Waals surface area contributed by atoms with Gasteiger partial charge in [-0.15, -0.1) is 11.8 Å². The molecule has 0 saturated carbocycles. The fraction of sp³-hybridized carbons (Fsp3) is 0.250. The number of rotatable bonds is 0. The lowest BCUT2D eigenvalue weighted by atomic mass is 10.6. The summed E-state index contributed by atoms with van der Waals surface area (Å²) in [6, 6.07) is 0. The molecule has 0 amide bonds. The molecule has 0 fully saturated rings. The Balaban J connectivity index is 2.26. The maximum Gasteiger partial charge on any atom is 0.0464 e. The zero-order valence-electron chi connectivity index (χ0n) is 3.35. The summed E-state index contributed by atoms with van der Waals surface area (Å²) in [5.74, 6) is 1.02. The highest BCUT2D eigenvalue weighted by Gasteiger charge is 1.85. The quantitative estimate of drug-likeness (QED) is 0.486. The Bertz CT molecular complexity index is 52.6. The summed E-state index contributed by atoms with van der Waals surface area (Å²) < 4.78 is 0. The molecular weight excluding hydrogens is 94.1 g/mol. The number of nitrogens with one attached hydrogen (secondary N) is 1. The van der Waals surface area contributed by atoms with E-state index >= 15 is 0 Å². The summed E-state index contributed by atoms with van der Waals surface area (Å²) >= 11 is 1.77. The molecule has 0 aromatic carbocycles. The molecule has 1 heterocycles. The van der Waals surface area contributed by atoms with E-state index in [1.807, 2.05) is 12.6 Å². The monoisotopic (exact) mass is 100 g/mol. The lowest BCUT2D eigenvalue weighted by Gasteiger charge is -2.00. The van der Waals surface area contributed by atoms with Gasteiger partial charge in [-0.3, -0.25) is 5.32 Å². The highest BCUT2D eigenvalue weighted by molar-refractivity contribution is 8.02. The molecule has 1 rings (SSSR count). The van der Waals surface area contributed by atoms with Crippen LogP contribution in [0.4, 0.5) is 0 Å². The first-order valence-electron chi connectivity index (χ1n) is 1.83. The molecule has 2 heteroatoms. The lowest BCUT2D eigenvalue weighted by Crippen LogP contribution is -2.08. The van der Waals surface area contributed by atoms with Crippen molar-refractivity contribution in [2.75, 3.05) is 5.88 Å². The number of hydrogen-bond acceptors (Lipinski definition) is 2. The number of hydrogen-bond donors (Lipinski definition) is 1. The first-order valence-corrected chi connectivity index (χ1v) is 2.88. The third-order valence-electron chi connectivity index (χ3n) is 0.556. The summed E-state index contributed by atoms with van der Waals surface area (Å²) in [5.41, 5.74) is 0. The third kappa shape index (κ3) is 1.03. The van der Waals surface area contributed by atoms with E-state index in [0.29, 0.717) is 0 Å². The van der Waals surface area contributed by atoms with Crippen molar-refractivity contribution >= 4 is 11.8 Å². The molecule has 33 valence electrons. The van der Waals surface area contributed by atoms with E-state index in [1.165, 1.54) is 0 Å². The van der Waals surface area contributed by atoms with E-state index in [-0.39, 0.29) is 0 Å². The average molecular weight is 100 g/mol. The number of thioether (sulfide) groups is 1. The summed E-state index contributed by atoms with van der Waals surface area (Å²) in [5, 5.41) is 5.10. The molecule has 0 atom stereocenters. The van der Waals surface area contributed by atoms with Crippen molar-refractivity contribution in [2.24, 2.45) is 0 Å². The van der Waals surface area contributed by atoms with Gasteiger partial charge in [0.1, 0.15) is 0 Å². The first kappa shape index (κ1) is 4.22. The Morgan fingerprint density at radius 1 is 1.67 bits per heavy atom. The van der Waals surface area contributed by atoms with Crippen molar-refractivity contribution in [3.8, 4) is 0 Å². The van der Waals surface area contributed by atoms with Crippen LogP contribution in [0.25, 0.3) is 0 Å². The predicted octanol–water partition coefficient (Wildman–Crippen LogP) is 0.956. The van der Waals surface area contributed by atoms with Crippen molar-refractivity contribution in [1.82, 2.24) is 5.32 Å². The smallest absolute Gasteiger partial charge is 0.0464 e. The largest absolute Gasteiger partial charge is 0.299 e. The van der Waals surface area contributed by atoms with E-state index in [1.54, 1.807) is 11.8 Å². The molecule has 0 saturated heterocycles. The van der Waals surface area contributed by atoms with Gasteiger partial charge in [-0.25, -0.2) is 0 Å². The fourth-order valence-corrected chi connectivity index (χ4v) is 0.786. The van der Waals surface area contributed by atoms with E-state index in [4.69, 9.17) is 0 Å². The predicted molar refractivity (Wildman–Crippen MR) is 29.0 cm³/mol. The molecule has 0 aromatic rings. The van der Waals surface area contributed by atoms with Gasteiger partial charge in [0.15, 0.2) is 0 Å². The molecule has 0 unspecified atom stereocenters. The molecular formula is C4H6NS. The van der Waals surface area contributed by atoms with Gasteiger partial charge in [0.05, 0.1) is 0 Å². The van der Waals surface area contributed by atoms with Crippen LogP contribution in [-0.2, 0) is 0 Å². The van der Waals surface area contributed by atoms with Crippen LogP contribution in [-0.4, -0.2) is 5.88 Å². The van der Waals surface area contributed by atoms with Gasteiger partial charge in [-0.1, -0.05) is 6.08 Å². The molecule has 0 aromatic heterocycles. The maximum atomic E-state index is 3.04. The third-order valence-corrected chi connectivity index (χ3v) is 1.24. The van der Waals surface area contributed by atoms with Crippen LogP contribution in [0, 0.1) is 6.54 Å². The van der Waals surface area contributed by atoms with E-state index < -0.39 is 0 Å². The minimum Gasteiger partial charge on any atom is -0.299 e. The highest BCUT2D eigenvalue weighted by Crippen LogP contribution is 2.03. The molecule has 1 radical (unpaired) electrons. The van der Waals surface area contributed by atoms with Crippen molar-refractivity contribution < 1.29 is 0 Å². The normalized spacial score (nSPS) is 21.3. The van der Waals surface area contributed by atoms with Crippen LogP contribution in [0.3, 0.4) is 0 Å². The van der Waals surface area contributed by atoms with Crippen molar-refractivity contribution in [2.45, 2.75) is 0 Å². The van der Waals surface area contributed by atoms with Gasteiger partial charge in [0, 0.05) is 12.4 Å². The maximum absolute atomic E-state index is 3.04. The van der Waals surface area contributed by atoms with Crippen LogP contribution >= 0.6 is 11.8 Å². The standard InChI is InChI=1S/C4H6NS/c1-2-5-4-6-3-1/h1-3,5H,4H2. The Labute approximate surface area is 41.8 Å². The Morgan fingerprint density at radius 2 is 2.67 bits per heavy atom. The van der Waals surface area contributed by atoms with Crippen molar-refractivity contribution in [3.05, 3.63) is 18.0 Å². The molecule has 1 nitrogen and oxygen atoms in total. The van der Waals surface area contributed by atoms with Gasteiger partial charge in [0.2, 0.25) is 0 Å². The summed E-state index contributed by atoms with van der Waals surface area (Å²) in [6.07, 6.45) is 1.99. The average Bonchev–Trinajstić information content (AvgIpc) is 1.72. The summed E-state index contributed by atoms with van der Waals surface area (Å²) in [6.45, 7) is 1.94. The summed E-state index contributed by atoms with van der Waals surface area (Å²) in [7, 11) is 0.